The molecule has 0 aliphatic rings. The Morgan fingerprint density at radius 1 is 0.900 bits per heavy atom. The second-order valence-corrected chi connectivity index (χ2v) is 6.57. The number of methoxy groups -OCH3 is 1. The van der Waals surface area contributed by atoms with Gasteiger partial charge in [-0.1, -0.05) is 36.4 Å². The number of para-hydroxylation sites is 1. The van der Waals surface area contributed by atoms with Crippen molar-refractivity contribution >= 4 is 28.5 Å². The molecule has 0 fully saturated rings. The van der Waals surface area contributed by atoms with Gasteiger partial charge < -0.3 is 19.2 Å². The van der Waals surface area contributed by atoms with Gasteiger partial charge in [0.1, 0.15) is 11.3 Å². The number of carbonyl (C=O) groups excluding carboxylic acids is 2. The molecule has 6 nitrogen and oxygen atoms in total. The summed E-state index contributed by atoms with van der Waals surface area (Å²) in [6, 6.07) is 22.8. The smallest absolute Gasteiger partial charge is 0.380 e. The highest BCUT2D eigenvalue weighted by atomic mass is 16.5. The van der Waals surface area contributed by atoms with E-state index in [0.717, 1.165) is 5.39 Å². The van der Waals surface area contributed by atoms with Crippen molar-refractivity contribution in [2.24, 2.45) is 0 Å². The van der Waals surface area contributed by atoms with Crippen LogP contribution in [0.3, 0.4) is 0 Å². The Labute approximate surface area is 173 Å². The SMILES string of the molecule is COCc1c(C(=O)Oc2ccc(NC(=O)c3ccccc3)cc2)oc2ccccc12. The first-order valence-electron chi connectivity index (χ1n) is 9.33. The van der Waals surface area contributed by atoms with E-state index in [1.54, 1.807) is 61.7 Å². The van der Waals surface area contributed by atoms with Crippen molar-refractivity contribution in [2.45, 2.75) is 6.61 Å². The number of amides is 1. The molecule has 0 radical (unpaired) electrons. The van der Waals surface area contributed by atoms with E-state index < -0.39 is 5.97 Å². The van der Waals surface area contributed by atoms with E-state index in [9.17, 15) is 9.59 Å². The van der Waals surface area contributed by atoms with Crippen LogP contribution >= 0.6 is 0 Å². The zero-order valence-corrected chi connectivity index (χ0v) is 16.3. The van der Waals surface area contributed by atoms with Crippen molar-refractivity contribution in [1.82, 2.24) is 0 Å². The summed E-state index contributed by atoms with van der Waals surface area (Å²) in [5.41, 5.74) is 2.39. The number of nitrogens with one attached hydrogen (secondary N) is 1. The fourth-order valence-electron chi connectivity index (χ4n) is 3.10. The summed E-state index contributed by atoms with van der Waals surface area (Å²) in [6.07, 6.45) is 0. The van der Waals surface area contributed by atoms with Crippen LogP contribution < -0.4 is 10.1 Å². The van der Waals surface area contributed by atoms with Crippen LogP contribution in [-0.4, -0.2) is 19.0 Å². The van der Waals surface area contributed by atoms with E-state index in [-0.39, 0.29) is 18.3 Å². The number of hydrogen-bond donors (Lipinski definition) is 1. The highest BCUT2D eigenvalue weighted by Crippen LogP contribution is 2.28. The van der Waals surface area contributed by atoms with Gasteiger partial charge in [0.2, 0.25) is 5.76 Å². The monoisotopic (exact) mass is 401 g/mol. The summed E-state index contributed by atoms with van der Waals surface area (Å²) in [6.45, 7) is 0.228. The molecule has 1 heterocycles. The number of ether oxygens (including phenoxy) is 2. The molecule has 1 amide bonds. The van der Waals surface area contributed by atoms with Crippen molar-refractivity contribution in [3.63, 3.8) is 0 Å². The molecule has 3 aromatic carbocycles. The summed E-state index contributed by atoms with van der Waals surface area (Å²) in [4.78, 5) is 24.9. The maximum atomic E-state index is 12.7. The van der Waals surface area contributed by atoms with E-state index in [1.807, 2.05) is 24.3 Å². The number of fused-ring (bicyclic) bond motifs is 1. The number of esters is 1. The Balaban J connectivity index is 1.48. The molecule has 0 aliphatic heterocycles. The Morgan fingerprint density at radius 3 is 2.33 bits per heavy atom. The minimum atomic E-state index is -0.612. The van der Waals surface area contributed by atoms with Crippen molar-refractivity contribution in [1.29, 1.82) is 0 Å². The lowest BCUT2D eigenvalue weighted by Crippen LogP contribution is -2.12. The molecular weight excluding hydrogens is 382 g/mol. The quantitative estimate of drug-likeness (QED) is 0.361. The molecular formula is C24H19NO5. The zero-order chi connectivity index (χ0) is 20.9. The van der Waals surface area contributed by atoms with Gasteiger partial charge in [-0.25, -0.2) is 4.79 Å². The summed E-state index contributed by atoms with van der Waals surface area (Å²) in [5.74, 6) is -0.382. The standard InChI is InChI=1S/C24H19NO5/c1-28-15-20-19-9-5-6-10-21(19)30-22(20)24(27)29-18-13-11-17(12-14-18)25-23(26)16-7-3-2-4-8-16/h2-14H,15H2,1H3,(H,25,26). The number of rotatable bonds is 6. The van der Waals surface area contributed by atoms with E-state index in [2.05, 4.69) is 5.32 Å². The van der Waals surface area contributed by atoms with Crippen LogP contribution in [0.2, 0.25) is 0 Å². The first-order valence-corrected chi connectivity index (χ1v) is 9.33. The van der Waals surface area contributed by atoms with E-state index in [0.29, 0.717) is 28.1 Å². The zero-order valence-electron chi connectivity index (χ0n) is 16.3. The van der Waals surface area contributed by atoms with E-state index in [4.69, 9.17) is 13.9 Å². The molecule has 0 spiro atoms. The molecule has 1 N–H and O–H groups in total. The molecule has 0 unspecified atom stereocenters. The fourth-order valence-corrected chi connectivity index (χ4v) is 3.10. The van der Waals surface area contributed by atoms with Crippen molar-refractivity contribution in [2.75, 3.05) is 12.4 Å². The predicted molar refractivity (Wildman–Crippen MR) is 113 cm³/mol. The Bertz CT molecular complexity index is 1180. The molecule has 1 aromatic heterocycles. The molecule has 0 bridgehead atoms. The largest absolute Gasteiger partial charge is 0.449 e. The summed E-state index contributed by atoms with van der Waals surface area (Å²) in [5, 5.41) is 3.61. The highest BCUT2D eigenvalue weighted by molar-refractivity contribution is 6.04. The van der Waals surface area contributed by atoms with Crippen molar-refractivity contribution in [3.05, 3.63) is 95.7 Å². The van der Waals surface area contributed by atoms with Gasteiger partial charge in [-0.15, -0.1) is 0 Å². The minimum Gasteiger partial charge on any atom is -0.449 e. The molecule has 6 heteroatoms. The first-order chi connectivity index (χ1) is 14.7. The maximum Gasteiger partial charge on any atom is 0.380 e. The summed E-state index contributed by atoms with van der Waals surface area (Å²) >= 11 is 0. The van der Waals surface area contributed by atoms with Crippen LogP contribution in [0.5, 0.6) is 5.75 Å². The Morgan fingerprint density at radius 2 is 1.60 bits per heavy atom. The molecule has 150 valence electrons. The average Bonchev–Trinajstić information content (AvgIpc) is 3.15. The number of furan rings is 1. The second-order valence-electron chi connectivity index (χ2n) is 6.57. The maximum absolute atomic E-state index is 12.7. The summed E-state index contributed by atoms with van der Waals surface area (Å²) in [7, 11) is 1.55. The topological polar surface area (TPSA) is 77.8 Å². The average molecular weight is 401 g/mol. The first kappa shape index (κ1) is 19.4. The van der Waals surface area contributed by atoms with Gasteiger partial charge in [-0.05, 0) is 42.5 Å². The fraction of sp³-hybridized carbons (Fsp3) is 0.0833. The number of carbonyl (C=O) groups is 2. The van der Waals surface area contributed by atoms with E-state index in [1.165, 1.54) is 0 Å². The van der Waals surface area contributed by atoms with Gasteiger partial charge in [-0.3, -0.25) is 4.79 Å². The molecule has 0 saturated carbocycles. The molecule has 30 heavy (non-hydrogen) atoms. The van der Waals surface area contributed by atoms with Crippen LogP contribution in [-0.2, 0) is 11.3 Å². The van der Waals surface area contributed by atoms with Crippen LogP contribution in [0, 0.1) is 0 Å². The molecule has 0 atom stereocenters. The number of hydrogen-bond acceptors (Lipinski definition) is 5. The lowest BCUT2D eigenvalue weighted by Gasteiger charge is -2.07. The third kappa shape index (κ3) is 4.09. The third-order valence-corrected chi connectivity index (χ3v) is 4.53. The normalized spacial score (nSPS) is 10.7. The number of anilines is 1. The third-order valence-electron chi connectivity index (χ3n) is 4.53. The van der Waals surface area contributed by atoms with Crippen LogP contribution in [0.4, 0.5) is 5.69 Å². The lowest BCUT2D eigenvalue weighted by atomic mass is 10.1. The van der Waals surface area contributed by atoms with Gasteiger partial charge in [0, 0.05) is 29.3 Å². The Hall–Kier alpha value is -3.90. The minimum absolute atomic E-state index is 0.111. The van der Waals surface area contributed by atoms with Gasteiger partial charge >= 0.3 is 5.97 Å². The van der Waals surface area contributed by atoms with Gasteiger partial charge in [-0.2, -0.15) is 0 Å². The Kier molecular flexibility index (Phi) is 5.59. The second kappa shape index (κ2) is 8.63. The molecule has 0 saturated heterocycles. The molecule has 0 aliphatic carbocycles. The van der Waals surface area contributed by atoms with Crippen LogP contribution in [0.25, 0.3) is 11.0 Å². The van der Waals surface area contributed by atoms with Crippen molar-refractivity contribution in [3.8, 4) is 5.75 Å². The van der Waals surface area contributed by atoms with Crippen molar-refractivity contribution < 1.29 is 23.5 Å². The summed E-state index contributed by atoms with van der Waals surface area (Å²) < 4.78 is 16.4. The van der Waals surface area contributed by atoms with Crippen LogP contribution in [0.1, 0.15) is 26.5 Å². The highest BCUT2D eigenvalue weighted by Gasteiger charge is 2.22. The molecule has 4 rings (SSSR count). The number of benzene rings is 3. The van der Waals surface area contributed by atoms with E-state index >= 15 is 0 Å². The van der Waals surface area contributed by atoms with Gasteiger partial charge in [0.15, 0.2) is 0 Å². The van der Waals surface area contributed by atoms with Crippen LogP contribution in [0.15, 0.2) is 83.3 Å². The van der Waals surface area contributed by atoms with Gasteiger partial charge in [0.05, 0.1) is 6.61 Å². The molecule has 4 aromatic rings. The lowest BCUT2D eigenvalue weighted by molar-refractivity contribution is 0.0697. The predicted octanol–water partition coefficient (Wildman–Crippen LogP) is 5.05. The van der Waals surface area contributed by atoms with Gasteiger partial charge in [0.25, 0.3) is 5.91 Å².